The van der Waals surface area contributed by atoms with Crippen LogP contribution in [-0.2, 0) is 23.1 Å². The Balaban J connectivity index is 2.20. The molecule has 6 nitrogen and oxygen atoms in total. The maximum atomic E-state index is 12.6. The quantitative estimate of drug-likeness (QED) is 0.781. The zero-order valence-corrected chi connectivity index (χ0v) is 14.9. The molecule has 9 heteroatoms. The van der Waals surface area contributed by atoms with Gasteiger partial charge in [-0.3, -0.25) is 0 Å². The first kappa shape index (κ1) is 16.6. The first-order chi connectivity index (χ1) is 9.95. The van der Waals surface area contributed by atoms with Crippen molar-refractivity contribution in [2.24, 2.45) is 0 Å². The molecule has 0 saturated carbocycles. The Morgan fingerprint density at radius 1 is 1.52 bits per heavy atom. The van der Waals surface area contributed by atoms with Crippen molar-refractivity contribution in [2.75, 3.05) is 13.6 Å². The highest BCUT2D eigenvalue weighted by Crippen LogP contribution is 2.28. The molecule has 0 aliphatic heterocycles. The maximum Gasteiger partial charge on any atom is 0.247 e. The molecule has 0 fully saturated rings. The van der Waals surface area contributed by atoms with Crippen LogP contribution in [0.2, 0.25) is 0 Å². The summed E-state index contributed by atoms with van der Waals surface area (Å²) in [5.74, 6) is 0.573. The predicted molar refractivity (Wildman–Crippen MR) is 84.6 cm³/mol. The Bertz CT molecular complexity index is 683. The topological polar surface area (TPSA) is 75.4 Å². The third-order valence-electron chi connectivity index (χ3n) is 2.81. The number of nitrogens with one attached hydrogen (secondary N) is 1. The molecule has 0 bridgehead atoms. The Labute approximate surface area is 136 Å². The van der Waals surface area contributed by atoms with Crippen molar-refractivity contribution in [1.82, 2.24) is 14.6 Å². The average molecular weight is 394 g/mol. The molecule has 2 rings (SSSR count). The Morgan fingerprint density at radius 3 is 2.90 bits per heavy atom. The van der Waals surface area contributed by atoms with E-state index in [1.54, 1.807) is 11.6 Å². The van der Waals surface area contributed by atoms with E-state index in [9.17, 15) is 8.42 Å². The van der Waals surface area contributed by atoms with Crippen molar-refractivity contribution in [3.05, 3.63) is 33.1 Å². The van der Waals surface area contributed by atoms with Gasteiger partial charge in [0.15, 0.2) is 4.67 Å². The second-order valence-corrected chi connectivity index (χ2v) is 7.82. The van der Waals surface area contributed by atoms with Crippen molar-refractivity contribution >= 4 is 37.3 Å². The van der Waals surface area contributed by atoms with Gasteiger partial charge in [0.25, 0.3) is 0 Å². The summed E-state index contributed by atoms with van der Waals surface area (Å²) < 4.78 is 32.0. The maximum absolute atomic E-state index is 12.6. The summed E-state index contributed by atoms with van der Waals surface area (Å²) >= 11 is 4.61. The van der Waals surface area contributed by atoms with E-state index in [0.29, 0.717) is 12.3 Å². The second kappa shape index (κ2) is 7.01. The molecule has 0 amide bonds. The van der Waals surface area contributed by atoms with Gasteiger partial charge in [-0.25, -0.2) is 13.4 Å². The molecule has 0 aliphatic carbocycles. The Kier molecular flexibility index (Phi) is 5.55. The normalized spacial score (nSPS) is 12.2. The fourth-order valence-electron chi connectivity index (χ4n) is 1.71. The van der Waals surface area contributed by atoms with Gasteiger partial charge in [0, 0.05) is 18.5 Å². The predicted octanol–water partition coefficient (Wildman–Crippen LogP) is 2.43. The number of sulfonamides is 1. The molecule has 0 spiro atoms. The molecule has 0 aliphatic rings. The molecule has 0 radical (unpaired) electrons. The smallest absolute Gasteiger partial charge is 0.247 e. The van der Waals surface area contributed by atoms with E-state index in [4.69, 9.17) is 4.42 Å². The van der Waals surface area contributed by atoms with Crippen molar-refractivity contribution in [2.45, 2.75) is 24.9 Å². The van der Waals surface area contributed by atoms with Crippen LogP contribution in [0, 0.1) is 0 Å². The van der Waals surface area contributed by atoms with E-state index in [1.807, 2.05) is 12.3 Å². The van der Waals surface area contributed by atoms with Crippen molar-refractivity contribution in [1.29, 1.82) is 0 Å². The number of thiazole rings is 1. The lowest BCUT2D eigenvalue weighted by molar-refractivity contribution is 0.450. The molecule has 116 valence electrons. The number of hydrogen-bond acceptors (Lipinski definition) is 6. The van der Waals surface area contributed by atoms with Crippen LogP contribution in [0.4, 0.5) is 0 Å². The lowest BCUT2D eigenvalue weighted by Gasteiger charge is -2.14. The minimum Gasteiger partial charge on any atom is -0.452 e. The van der Waals surface area contributed by atoms with Gasteiger partial charge in [0.05, 0.1) is 24.3 Å². The second-order valence-electron chi connectivity index (χ2n) is 4.37. The first-order valence-corrected chi connectivity index (χ1v) is 9.45. The first-order valence-electron chi connectivity index (χ1n) is 6.27. The Hall–Kier alpha value is -0.740. The van der Waals surface area contributed by atoms with E-state index in [-0.39, 0.29) is 16.1 Å². The molecule has 2 aromatic heterocycles. The van der Waals surface area contributed by atoms with Crippen LogP contribution in [-0.4, -0.2) is 31.3 Å². The fourth-order valence-corrected chi connectivity index (χ4v) is 4.35. The van der Waals surface area contributed by atoms with Crippen LogP contribution < -0.4 is 5.32 Å². The minimum atomic E-state index is -3.62. The molecule has 1 N–H and O–H groups in total. The molecule has 0 unspecified atom stereocenters. The van der Waals surface area contributed by atoms with Gasteiger partial charge in [-0.15, -0.1) is 11.3 Å². The molecular weight excluding hydrogens is 378 g/mol. The van der Waals surface area contributed by atoms with E-state index >= 15 is 0 Å². The van der Waals surface area contributed by atoms with Gasteiger partial charge in [0.1, 0.15) is 10.7 Å². The van der Waals surface area contributed by atoms with Gasteiger partial charge in [-0.2, -0.15) is 4.31 Å². The molecule has 21 heavy (non-hydrogen) atoms. The van der Waals surface area contributed by atoms with Gasteiger partial charge in [-0.1, -0.05) is 6.92 Å². The van der Waals surface area contributed by atoms with E-state index in [1.165, 1.54) is 22.7 Å². The number of nitrogens with zero attached hydrogens (tertiary/aromatic N) is 2. The van der Waals surface area contributed by atoms with Crippen LogP contribution in [0.5, 0.6) is 0 Å². The largest absolute Gasteiger partial charge is 0.452 e. The summed E-state index contributed by atoms with van der Waals surface area (Å²) in [7, 11) is -2.09. The van der Waals surface area contributed by atoms with Gasteiger partial charge in [-0.05, 0) is 22.5 Å². The third-order valence-corrected chi connectivity index (χ3v) is 6.11. The van der Waals surface area contributed by atoms with Crippen molar-refractivity contribution in [3.63, 3.8) is 0 Å². The lowest BCUT2D eigenvalue weighted by atomic mass is 10.4. The fraction of sp³-hybridized carbons (Fsp3) is 0.417. The molecule has 0 atom stereocenters. The molecule has 2 heterocycles. The zero-order chi connectivity index (χ0) is 15.5. The molecule has 0 saturated heterocycles. The highest BCUT2D eigenvalue weighted by atomic mass is 79.9. The van der Waals surface area contributed by atoms with Crippen LogP contribution in [0.3, 0.4) is 0 Å². The number of aromatic nitrogens is 1. The summed E-state index contributed by atoms with van der Waals surface area (Å²) in [6, 6.07) is 1.54. The van der Waals surface area contributed by atoms with Gasteiger partial charge >= 0.3 is 0 Å². The van der Waals surface area contributed by atoms with Crippen LogP contribution in [0.1, 0.15) is 18.4 Å². The number of rotatable bonds is 7. The van der Waals surface area contributed by atoms with E-state index < -0.39 is 10.0 Å². The Morgan fingerprint density at radius 2 is 2.29 bits per heavy atom. The van der Waals surface area contributed by atoms with Crippen LogP contribution >= 0.6 is 27.3 Å². The number of halogens is 1. The third kappa shape index (κ3) is 3.92. The van der Waals surface area contributed by atoms with E-state index in [0.717, 1.165) is 12.2 Å². The number of hydrogen-bond donors (Lipinski definition) is 1. The standard InChI is InChI=1S/C12H16BrN3O3S2/c1-3-14-5-10-4-11(12(13)19-10)21(17,18)16(2)6-9-7-20-8-15-9/h4,7-8,14H,3,5-6H2,1-2H3. The molecule has 2 aromatic rings. The SMILES string of the molecule is CCNCc1cc(S(=O)(=O)N(C)Cc2cscn2)c(Br)o1. The summed E-state index contributed by atoms with van der Waals surface area (Å²) in [5, 5.41) is 4.92. The lowest BCUT2D eigenvalue weighted by Crippen LogP contribution is -2.26. The van der Waals surface area contributed by atoms with Gasteiger partial charge < -0.3 is 9.73 Å². The number of furan rings is 1. The molecular formula is C12H16BrN3O3S2. The summed E-state index contributed by atoms with van der Waals surface area (Å²) in [6.07, 6.45) is 0. The zero-order valence-electron chi connectivity index (χ0n) is 11.7. The minimum absolute atomic E-state index is 0.133. The summed E-state index contributed by atoms with van der Waals surface area (Å²) in [5.41, 5.74) is 2.40. The highest BCUT2D eigenvalue weighted by molar-refractivity contribution is 9.10. The average Bonchev–Trinajstić information content (AvgIpc) is 3.06. The van der Waals surface area contributed by atoms with Crippen LogP contribution in [0.25, 0.3) is 0 Å². The summed E-state index contributed by atoms with van der Waals surface area (Å²) in [6.45, 7) is 3.47. The van der Waals surface area contributed by atoms with Gasteiger partial charge in [0.2, 0.25) is 10.0 Å². The highest BCUT2D eigenvalue weighted by Gasteiger charge is 2.27. The summed E-state index contributed by atoms with van der Waals surface area (Å²) in [4.78, 5) is 4.23. The van der Waals surface area contributed by atoms with Crippen molar-refractivity contribution < 1.29 is 12.8 Å². The monoisotopic (exact) mass is 393 g/mol. The van der Waals surface area contributed by atoms with Crippen molar-refractivity contribution in [3.8, 4) is 0 Å². The molecule has 0 aromatic carbocycles. The van der Waals surface area contributed by atoms with E-state index in [2.05, 4.69) is 26.2 Å². The van der Waals surface area contributed by atoms with Crippen LogP contribution in [0.15, 0.2) is 30.9 Å².